The Bertz CT molecular complexity index is 1070. The Labute approximate surface area is 151 Å². The number of hydrogen-bond acceptors (Lipinski definition) is 4. The molecule has 3 aromatic heterocycles. The van der Waals surface area contributed by atoms with Gasteiger partial charge in [0.25, 0.3) is 0 Å². The monoisotopic (exact) mass is 376 g/mol. The molecule has 0 atom stereocenters. The van der Waals surface area contributed by atoms with Crippen molar-refractivity contribution in [1.29, 1.82) is 0 Å². The second-order valence-electron chi connectivity index (χ2n) is 5.70. The van der Waals surface area contributed by atoms with Crippen molar-refractivity contribution < 1.29 is 13.5 Å². The third-order valence-corrected chi connectivity index (χ3v) is 4.12. The fraction of sp³-hybridized carbons (Fsp3) is 0.188. The van der Waals surface area contributed by atoms with Crippen LogP contribution < -0.4 is 4.68 Å². The van der Waals surface area contributed by atoms with E-state index in [1.807, 2.05) is 24.3 Å². The summed E-state index contributed by atoms with van der Waals surface area (Å²) in [5.74, 6) is 0.155. The lowest BCUT2D eigenvalue weighted by molar-refractivity contribution is -0.718. The fourth-order valence-corrected chi connectivity index (χ4v) is 2.83. The topological polar surface area (TPSA) is 76.2 Å². The minimum atomic E-state index is -2.64. The molecule has 1 N–H and O–H groups in total. The van der Waals surface area contributed by atoms with E-state index >= 15 is 0 Å². The van der Waals surface area contributed by atoms with Gasteiger partial charge in [0.15, 0.2) is 5.65 Å². The van der Waals surface area contributed by atoms with Crippen molar-refractivity contribution in [3.05, 3.63) is 53.3 Å². The van der Waals surface area contributed by atoms with Crippen LogP contribution in [0.3, 0.4) is 0 Å². The van der Waals surface area contributed by atoms with Crippen LogP contribution in [0.5, 0.6) is 0 Å². The van der Waals surface area contributed by atoms with Gasteiger partial charge in [0.1, 0.15) is 7.05 Å². The molecular formula is C16H13ClF2N7+. The molecule has 0 fully saturated rings. The number of aryl methyl sites for hydroxylation is 1. The van der Waals surface area contributed by atoms with E-state index < -0.39 is 6.43 Å². The molecule has 0 bridgehead atoms. The summed E-state index contributed by atoms with van der Waals surface area (Å²) in [5, 5.41) is 9.05. The molecule has 0 aliphatic carbocycles. The Kier molecular flexibility index (Phi) is 4.08. The molecule has 4 rings (SSSR count). The van der Waals surface area contributed by atoms with E-state index in [0.717, 1.165) is 16.5 Å². The number of alkyl halides is 2. The molecule has 4 aromatic rings. The van der Waals surface area contributed by atoms with Gasteiger partial charge in [-0.05, 0) is 34.4 Å². The highest BCUT2D eigenvalue weighted by Gasteiger charge is 2.23. The zero-order valence-corrected chi connectivity index (χ0v) is 14.3. The van der Waals surface area contributed by atoms with Crippen molar-refractivity contribution >= 4 is 22.6 Å². The number of rotatable bonds is 4. The Morgan fingerprint density at radius 2 is 2.00 bits per heavy atom. The normalized spacial score (nSPS) is 11.6. The molecule has 132 valence electrons. The molecule has 1 aromatic carbocycles. The van der Waals surface area contributed by atoms with Crippen LogP contribution >= 0.6 is 11.6 Å². The van der Waals surface area contributed by atoms with Crippen molar-refractivity contribution in [2.24, 2.45) is 7.05 Å². The molecule has 0 saturated heterocycles. The molecule has 0 radical (unpaired) electrons. The van der Waals surface area contributed by atoms with Crippen LogP contribution in [0.2, 0.25) is 5.28 Å². The van der Waals surface area contributed by atoms with Gasteiger partial charge in [-0.25, -0.2) is 14.6 Å². The molecule has 0 aliphatic heterocycles. The number of H-pyrrole nitrogens is 1. The van der Waals surface area contributed by atoms with Crippen LogP contribution in [0.15, 0.2) is 36.7 Å². The minimum absolute atomic E-state index is 0.163. The van der Waals surface area contributed by atoms with Crippen LogP contribution in [0.4, 0.5) is 8.78 Å². The average Bonchev–Trinajstić information content (AvgIpc) is 3.20. The highest BCUT2D eigenvalue weighted by Crippen LogP contribution is 2.20. The Morgan fingerprint density at radius 1 is 1.23 bits per heavy atom. The van der Waals surface area contributed by atoms with Crippen molar-refractivity contribution in [2.75, 3.05) is 0 Å². The van der Waals surface area contributed by atoms with Gasteiger partial charge >= 0.3 is 18.1 Å². The van der Waals surface area contributed by atoms with E-state index in [2.05, 4.69) is 25.1 Å². The van der Waals surface area contributed by atoms with Crippen LogP contribution in [0.25, 0.3) is 22.4 Å². The molecule has 10 heteroatoms. The number of nitrogens with zero attached hydrogens (tertiary/aromatic N) is 6. The summed E-state index contributed by atoms with van der Waals surface area (Å²) in [6, 6.07) is 7.47. The maximum atomic E-state index is 12.8. The maximum Gasteiger partial charge on any atom is 0.320 e. The number of aromatic amines is 1. The average molecular weight is 377 g/mol. The summed E-state index contributed by atoms with van der Waals surface area (Å²) in [7, 11) is 1.62. The van der Waals surface area contributed by atoms with E-state index in [-0.39, 0.29) is 11.1 Å². The third kappa shape index (κ3) is 3.01. The first-order valence-corrected chi connectivity index (χ1v) is 8.07. The summed E-state index contributed by atoms with van der Waals surface area (Å²) in [5.41, 5.74) is 2.38. The van der Waals surface area contributed by atoms with Gasteiger partial charge in [-0.3, -0.25) is 0 Å². The smallest absolute Gasteiger partial charge is 0.243 e. The van der Waals surface area contributed by atoms with E-state index in [4.69, 9.17) is 11.6 Å². The zero-order chi connectivity index (χ0) is 18.3. The lowest BCUT2D eigenvalue weighted by Crippen LogP contribution is -2.32. The van der Waals surface area contributed by atoms with Crippen molar-refractivity contribution in [2.45, 2.75) is 13.0 Å². The number of benzene rings is 1. The predicted octanol–water partition coefficient (Wildman–Crippen LogP) is 2.68. The molecule has 0 aliphatic rings. The Morgan fingerprint density at radius 3 is 2.69 bits per heavy atom. The van der Waals surface area contributed by atoms with Crippen LogP contribution in [-0.4, -0.2) is 29.8 Å². The molecule has 0 amide bonds. The summed E-state index contributed by atoms with van der Waals surface area (Å²) in [6.45, 7) is 0.495. The van der Waals surface area contributed by atoms with Gasteiger partial charge in [0.2, 0.25) is 5.28 Å². The van der Waals surface area contributed by atoms with E-state index in [1.54, 1.807) is 24.1 Å². The molecule has 7 nitrogen and oxygen atoms in total. The van der Waals surface area contributed by atoms with Gasteiger partial charge in [-0.15, -0.1) is 4.68 Å². The van der Waals surface area contributed by atoms with E-state index in [9.17, 15) is 8.78 Å². The number of aromatic nitrogens is 7. The first kappa shape index (κ1) is 16.5. The van der Waals surface area contributed by atoms with Crippen molar-refractivity contribution in [1.82, 2.24) is 29.8 Å². The van der Waals surface area contributed by atoms with Gasteiger partial charge in [0, 0.05) is 6.20 Å². The second kappa shape index (κ2) is 6.41. The lowest BCUT2D eigenvalue weighted by Gasteiger charge is -2.04. The van der Waals surface area contributed by atoms with Crippen molar-refractivity contribution in [3.63, 3.8) is 0 Å². The molecular weight excluding hydrogens is 364 g/mol. The Balaban J connectivity index is 1.61. The summed E-state index contributed by atoms with van der Waals surface area (Å²) < 4.78 is 28.7. The Hall–Kier alpha value is -2.94. The minimum Gasteiger partial charge on any atom is -0.243 e. The SMILES string of the molecule is C[n+]1nc(C(F)F)[nH]c1-c1ccc(Cn2ncc3cnc(Cl)nc32)cc1. The van der Waals surface area contributed by atoms with E-state index in [0.29, 0.717) is 18.0 Å². The zero-order valence-electron chi connectivity index (χ0n) is 13.6. The van der Waals surface area contributed by atoms with Gasteiger partial charge in [-0.1, -0.05) is 12.1 Å². The highest BCUT2D eigenvalue weighted by molar-refractivity contribution is 6.28. The van der Waals surface area contributed by atoms with Gasteiger partial charge in [0.05, 0.1) is 23.7 Å². The first-order chi connectivity index (χ1) is 12.5. The quantitative estimate of drug-likeness (QED) is 0.439. The number of fused-ring (bicyclic) bond motifs is 1. The first-order valence-electron chi connectivity index (χ1n) is 7.69. The number of nitrogens with one attached hydrogen (secondary N) is 1. The lowest BCUT2D eigenvalue weighted by atomic mass is 10.1. The van der Waals surface area contributed by atoms with Crippen LogP contribution in [0.1, 0.15) is 17.8 Å². The number of halogens is 3. The standard InChI is InChI=1S/C16H12ClF2N7/c1-25-14(22-13(24-25)12(18)19)10-4-2-9(3-5-10)8-26-15-11(7-21-26)6-20-16(17)23-15/h2-7,12H,8H2,1H3/p+1. The molecule has 3 heterocycles. The second-order valence-corrected chi connectivity index (χ2v) is 6.04. The number of hydrogen-bond donors (Lipinski definition) is 1. The summed E-state index contributed by atoms with van der Waals surface area (Å²) >= 11 is 5.85. The van der Waals surface area contributed by atoms with Crippen molar-refractivity contribution in [3.8, 4) is 11.4 Å². The molecule has 0 saturated carbocycles. The largest absolute Gasteiger partial charge is 0.320 e. The predicted molar refractivity (Wildman–Crippen MR) is 89.6 cm³/mol. The summed E-state index contributed by atoms with van der Waals surface area (Å²) in [4.78, 5) is 10.8. The molecule has 0 unspecified atom stereocenters. The van der Waals surface area contributed by atoms with E-state index in [1.165, 1.54) is 4.68 Å². The highest BCUT2D eigenvalue weighted by atomic mass is 35.5. The third-order valence-electron chi connectivity index (χ3n) is 3.94. The van der Waals surface area contributed by atoms with Crippen LogP contribution in [-0.2, 0) is 13.6 Å². The molecule has 26 heavy (non-hydrogen) atoms. The van der Waals surface area contributed by atoms with Gasteiger partial charge < -0.3 is 0 Å². The molecule has 0 spiro atoms. The van der Waals surface area contributed by atoms with Gasteiger partial charge in [-0.2, -0.15) is 18.9 Å². The fourth-order valence-electron chi connectivity index (χ4n) is 2.70. The van der Waals surface area contributed by atoms with Crippen LogP contribution in [0, 0.1) is 0 Å². The maximum absolute atomic E-state index is 12.8. The summed E-state index contributed by atoms with van der Waals surface area (Å²) in [6.07, 6.45) is 0.656.